The minimum atomic E-state index is -1.50. The molecular formula is C8H11N5O5. The molecule has 5 N–H and O–H groups in total. The third-order valence-corrected chi connectivity index (χ3v) is 1.64. The van der Waals surface area contributed by atoms with E-state index in [2.05, 4.69) is 4.99 Å². The highest BCUT2D eigenvalue weighted by Gasteiger charge is 2.07. The molecule has 98 valence electrons. The molecule has 0 aliphatic heterocycles. The number of nitrogens with zero attached hydrogens (tertiary/aromatic N) is 3. The fraction of sp³-hybridized carbons (Fsp3) is 0.125. The van der Waals surface area contributed by atoms with Crippen LogP contribution in [0.2, 0.25) is 0 Å². The molecule has 0 fully saturated rings. The quantitative estimate of drug-likeness (QED) is 0.298. The molecule has 0 heterocycles. The Hall–Kier alpha value is -2.91. The van der Waals surface area contributed by atoms with Crippen LogP contribution in [-0.2, 0) is 0 Å². The predicted molar refractivity (Wildman–Crippen MR) is 62.1 cm³/mol. The molecule has 10 nitrogen and oxygen atoms in total. The van der Waals surface area contributed by atoms with Crippen LogP contribution in [0.4, 0.5) is 11.4 Å². The normalized spacial score (nSPS) is 8.72. The Labute approximate surface area is 101 Å². The number of hydrogen-bond acceptors (Lipinski definition) is 5. The average Bonchev–Trinajstić information content (AvgIpc) is 2.19. The summed E-state index contributed by atoms with van der Waals surface area (Å²) in [6.07, 6.45) is 0. The molecule has 0 aliphatic carbocycles. The van der Waals surface area contributed by atoms with E-state index in [1.165, 1.54) is 18.2 Å². The van der Waals surface area contributed by atoms with E-state index < -0.39 is 10.0 Å². The summed E-state index contributed by atoms with van der Waals surface area (Å²) in [7, 11) is 0. The van der Waals surface area contributed by atoms with Crippen molar-refractivity contribution in [1.82, 2.24) is 0 Å². The predicted octanol–water partition coefficient (Wildman–Crippen LogP) is 0.460. The van der Waals surface area contributed by atoms with E-state index in [0.29, 0.717) is 11.3 Å². The van der Waals surface area contributed by atoms with E-state index >= 15 is 0 Å². The summed E-state index contributed by atoms with van der Waals surface area (Å²) in [5, 5.41) is 24.0. The molecule has 0 bridgehead atoms. The number of nitrogens with two attached hydrogens (primary N) is 2. The smallest absolute Gasteiger partial charge is 0.291 e. The molecule has 10 heteroatoms. The third kappa shape index (κ3) is 5.85. The average molecular weight is 257 g/mol. The highest BCUT2D eigenvalue weighted by molar-refractivity contribution is 5.79. The molecule has 1 aromatic carbocycles. The van der Waals surface area contributed by atoms with Gasteiger partial charge in [-0.05, 0) is 18.6 Å². The lowest BCUT2D eigenvalue weighted by molar-refractivity contribution is -0.742. The Morgan fingerprint density at radius 3 is 2.17 bits per heavy atom. The maximum Gasteiger partial charge on any atom is 0.291 e. The fourth-order valence-electron chi connectivity index (χ4n) is 1.02. The van der Waals surface area contributed by atoms with Crippen LogP contribution in [0.15, 0.2) is 23.2 Å². The molecule has 1 rings (SSSR count). The van der Waals surface area contributed by atoms with Crippen LogP contribution in [0.1, 0.15) is 5.56 Å². The number of nitro benzene ring substituents is 1. The van der Waals surface area contributed by atoms with Gasteiger partial charge in [-0.15, -0.1) is 10.1 Å². The van der Waals surface area contributed by atoms with Crippen molar-refractivity contribution in [3.63, 3.8) is 0 Å². The zero-order valence-corrected chi connectivity index (χ0v) is 9.31. The van der Waals surface area contributed by atoms with Gasteiger partial charge in [-0.3, -0.25) is 10.1 Å². The summed E-state index contributed by atoms with van der Waals surface area (Å²) in [5.74, 6) is -0.0676. The van der Waals surface area contributed by atoms with Crippen molar-refractivity contribution in [3.8, 4) is 0 Å². The first-order valence-electron chi connectivity index (χ1n) is 4.42. The van der Waals surface area contributed by atoms with Crippen LogP contribution in [0, 0.1) is 27.2 Å². The van der Waals surface area contributed by atoms with Gasteiger partial charge in [0, 0.05) is 12.1 Å². The third-order valence-electron chi connectivity index (χ3n) is 1.64. The van der Waals surface area contributed by atoms with Gasteiger partial charge in [0.15, 0.2) is 5.96 Å². The largest absolute Gasteiger partial charge is 0.370 e. The molecule has 0 spiro atoms. The molecule has 0 radical (unpaired) electrons. The molecule has 0 amide bonds. The minimum absolute atomic E-state index is 0.0250. The van der Waals surface area contributed by atoms with Crippen molar-refractivity contribution in [2.75, 3.05) is 0 Å². The molecule has 0 saturated carbocycles. The number of non-ortho nitro benzene ring substituents is 1. The van der Waals surface area contributed by atoms with Crippen LogP contribution < -0.4 is 11.5 Å². The Morgan fingerprint density at radius 2 is 1.83 bits per heavy atom. The SMILES string of the molecule is Cc1cc([N+](=O)[O-])ccc1N=C(N)N.O=[N+]([O-])O. The maximum atomic E-state index is 10.4. The second-order valence-electron chi connectivity index (χ2n) is 3.00. The number of nitro groups is 1. The molecular weight excluding hydrogens is 246 g/mol. The molecule has 0 unspecified atom stereocenters. The van der Waals surface area contributed by atoms with Crippen LogP contribution in [0.25, 0.3) is 0 Å². The van der Waals surface area contributed by atoms with Crippen LogP contribution in [0.5, 0.6) is 0 Å². The van der Waals surface area contributed by atoms with Crippen LogP contribution in [0.3, 0.4) is 0 Å². The second-order valence-corrected chi connectivity index (χ2v) is 3.00. The van der Waals surface area contributed by atoms with Crippen molar-refractivity contribution >= 4 is 17.3 Å². The van der Waals surface area contributed by atoms with E-state index in [0.717, 1.165) is 0 Å². The van der Waals surface area contributed by atoms with Gasteiger partial charge in [0.2, 0.25) is 0 Å². The lowest BCUT2D eigenvalue weighted by Crippen LogP contribution is -2.22. The summed E-state index contributed by atoms with van der Waals surface area (Å²) in [6.45, 7) is 1.70. The molecule has 0 atom stereocenters. The summed E-state index contributed by atoms with van der Waals surface area (Å²) in [6, 6.07) is 4.28. The standard InChI is InChI=1S/C8H10N4O2.HNO3/c1-5-4-6(12(13)14)2-3-7(5)11-8(9)10;2-1(3)4/h2-4H,1H3,(H4,9,10,11);(H,2,3,4). The Kier molecular flexibility index (Phi) is 5.55. The summed E-state index contributed by atoms with van der Waals surface area (Å²) in [5.41, 5.74) is 11.6. The van der Waals surface area contributed by atoms with E-state index in [4.69, 9.17) is 26.8 Å². The van der Waals surface area contributed by atoms with Gasteiger partial charge >= 0.3 is 0 Å². The number of benzene rings is 1. The lowest BCUT2D eigenvalue weighted by Gasteiger charge is -1.99. The van der Waals surface area contributed by atoms with Crippen molar-refractivity contribution in [2.24, 2.45) is 16.5 Å². The number of hydrogen-bond donors (Lipinski definition) is 3. The number of aliphatic imine (C=N–C) groups is 1. The topological polar surface area (TPSA) is 171 Å². The zero-order chi connectivity index (χ0) is 14.3. The minimum Gasteiger partial charge on any atom is -0.370 e. The van der Waals surface area contributed by atoms with Crippen molar-refractivity contribution in [2.45, 2.75) is 6.92 Å². The van der Waals surface area contributed by atoms with Crippen molar-refractivity contribution in [3.05, 3.63) is 44.0 Å². The van der Waals surface area contributed by atoms with E-state index in [1.807, 2.05) is 0 Å². The highest BCUT2D eigenvalue weighted by atomic mass is 16.9. The van der Waals surface area contributed by atoms with Gasteiger partial charge in [0.1, 0.15) is 0 Å². The first-order valence-corrected chi connectivity index (χ1v) is 4.42. The van der Waals surface area contributed by atoms with Gasteiger partial charge in [0.05, 0.1) is 10.6 Å². The summed E-state index contributed by atoms with van der Waals surface area (Å²) < 4.78 is 0. The molecule has 0 saturated heterocycles. The maximum absolute atomic E-state index is 10.4. The van der Waals surface area contributed by atoms with Crippen molar-refractivity contribution in [1.29, 1.82) is 0 Å². The van der Waals surface area contributed by atoms with Gasteiger partial charge in [-0.25, -0.2) is 4.99 Å². The first kappa shape index (κ1) is 15.1. The number of rotatable bonds is 2. The second kappa shape index (κ2) is 6.62. The van der Waals surface area contributed by atoms with E-state index in [-0.39, 0.29) is 11.6 Å². The number of aryl methyl sites for hydroxylation is 1. The molecule has 1 aromatic rings. The molecule has 18 heavy (non-hydrogen) atoms. The lowest BCUT2D eigenvalue weighted by atomic mass is 10.2. The van der Waals surface area contributed by atoms with Gasteiger partial charge in [0.25, 0.3) is 10.8 Å². The van der Waals surface area contributed by atoms with Gasteiger partial charge in [-0.1, -0.05) is 0 Å². The van der Waals surface area contributed by atoms with E-state index in [1.54, 1.807) is 6.92 Å². The summed E-state index contributed by atoms with van der Waals surface area (Å²) >= 11 is 0. The molecule has 0 aliphatic rings. The zero-order valence-electron chi connectivity index (χ0n) is 9.31. The van der Waals surface area contributed by atoms with Gasteiger partial charge < -0.3 is 16.7 Å². The van der Waals surface area contributed by atoms with E-state index in [9.17, 15) is 10.1 Å². The van der Waals surface area contributed by atoms with Gasteiger partial charge in [-0.2, -0.15) is 0 Å². The van der Waals surface area contributed by atoms with Crippen LogP contribution in [-0.4, -0.2) is 21.2 Å². The highest BCUT2D eigenvalue weighted by Crippen LogP contribution is 2.23. The molecule has 0 aromatic heterocycles. The fourth-order valence-corrected chi connectivity index (χ4v) is 1.02. The first-order chi connectivity index (χ1) is 8.23. The van der Waals surface area contributed by atoms with Crippen LogP contribution >= 0.6 is 0 Å². The Balaban J connectivity index is 0.000000631. The Bertz CT molecular complexity index is 479. The monoisotopic (exact) mass is 257 g/mol. The number of guanidine groups is 1. The summed E-state index contributed by atoms with van der Waals surface area (Å²) in [4.78, 5) is 22.1. The van der Waals surface area contributed by atoms with Crippen molar-refractivity contribution < 1.29 is 15.2 Å². The Morgan fingerprint density at radius 1 is 1.33 bits per heavy atom.